The predicted molar refractivity (Wildman–Crippen MR) is 84.9 cm³/mol. The molecule has 0 saturated carbocycles. The molecule has 0 unspecified atom stereocenters. The average Bonchev–Trinajstić information content (AvgIpc) is 2.88. The number of carboxylic acid groups (broad SMARTS) is 2. The first-order chi connectivity index (χ1) is 10.8. The zero-order valence-corrected chi connectivity index (χ0v) is 12.9. The number of nitrogens with zero attached hydrogens (tertiary/aromatic N) is 2. The Bertz CT molecular complexity index is 691. The van der Waals surface area contributed by atoms with Crippen LogP contribution < -0.4 is 0 Å². The summed E-state index contributed by atoms with van der Waals surface area (Å²) in [5.74, 6) is -2.66. The standard InChI is InChI=1S/C12H15FN2.C4H4O4/c1-14(2)8-9-15-7-6-10-4-3-5-11(13)12(10)15;5-3(6)1-2-4(7)8/h3-7H,8-9H2,1-2H3;1-2H,(H,5,6)(H,7,8)/b;2-1+. The average molecular weight is 322 g/mol. The van der Waals surface area contributed by atoms with Crippen LogP contribution in [0.3, 0.4) is 0 Å². The van der Waals surface area contributed by atoms with Gasteiger partial charge in [-0.1, -0.05) is 12.1 Å². The maximum Gasteiger partial charge on any atom is 0.328 e. The minimum absolute atomic E-state index is 0.142. The molecule has 2 N–H and O–H groups in total. The smallest absolute Gasteiger partial charge is 0.328 e. The molecule has 0 fully saturated rings. The van der Waals surface area contributed by atoms with Crippen molar-refractivity contribution >= 4 is 22.8 Å². The zero-order valence-electron chi connectivity index (χ0n) is 12.9. The highest BCUT2D eigenvalue weighted by Gasteiger charge is 2.05. The fraction of sp³-hybridized carbons (Fsp3) is 0.250. The number of carbonyl (C=O) groups is 2. The van der Waals surface area contributed by atoms with E-state index in [1.54, 1.807) is 6.07 Å². The van der Waals surface area contributed by atoms with Gasteiger partial charge >= 0.3 is 11.9 Å². The fourth-order valence-electron chi connectivity index (χ4n) is 1.85. The molecule has 0 aliphatic heterocycles. The molecule has 1 heterocycles. The molecular weight excluding hydrogens is 303 g/mol. The van der Waals surface area contributed by atoms with Gasteiger partial charge in [0.2, 0.25) is 0 Å². The van der Waals surface area contributed by atoms with Crippen molar-refractivity contribution in [3.8, 4) is 0 Å². The number of carboxylic acids is 2. The molecule has 1 aromatic heterocycles. The highest BCUT2D eigenvalue weighted by atomic mass is 19.1. The maximum absolute atomic E-state index is 13.6. The van der Waals surface area contributed by atoms with Gasteiger partial charge in [-0.25, -0.2) is 14.0 Å². The van der Waals surface area contributed by atoms with Gasteiger partial charge < -0.3 is 19.7 Å². The summed E-state index contributed by atoms with van der Waals surface area (Å²) in [5, 5.41) is 16.6. The van der Waals surface area contributed by atoms with E-state index in [0.29, 0.717) is 17.7 Å². The van der Waals surface area contributed by atoms with Crippen LogP contribution in [0.1, 0.15) is 0 Å². The minimum atomic E-state index is -1.26. The number of hydrogen-bond donors (Lipinski definition) is 2. The van der Waals surface area contributed by atoms with Gasteiger partial charge in [-0.3, -0.25) is 0 Å². The summed E-state index contributed by atoms with van der Waals surface area (Å²) in [5.41, 5.74) is 0.708. The number of likely N-dealkylation sites (N-methyl/N-ethyl adjacent to an activating group) is 1. The molecule has 0 spiro atoms. The summed E-state index contributed by atoms with van der Waals surface area (Å²) in [6.07, 6.45) is 3.06. The second kappa shape index (κ2) is 8.70. The predicted octanol–water partition coefficient (Wildman–Crippen LogP) is 2.05. The summed E-state index contributed by atoms with van der Waals surface area (Å²) < 4.78 is 15.5. The molecule has 7 heteroatoms. The second-order valence-corrected chi connectivity index (χ2v) is 5.00. The van der Waals surface area contributed by atoms with Crippen molar-refractivity contribution in [2.75, 3.05) is 20.6 Å². The van der Waals surface area contributed by atoms with Gasteiger partial charge in [0.05, 0.1) is 5.52 Å². The van der Waals surface area contributed by atoms with E-state index in [1.165, 1.54) is 6.07 Å². The van der Waals surface area contributed by atoms with Crippen molar-refractivity contribution < 1.29 is 24.2 Å². The molecule has 6 nitrogen and oxygen atoms in total. The molecule has 1 aromatic carbocycles. The highest BCUT2D eigenvalue weighted by molar-refractivity contribution is 5.89. The topological polar surface area (TPSA) is 82.8 Å². The van der Waals surface area contributed by atoms with Crippen LogP contribution in [-0.4, -0.2) is 52.3 Å². The van der Waals surface area contributed by atoms with E-state index in [1.807, 2.05) is 37.0 Å². The fourth-order valence-corrected chi connectivity index (χ4v) is 1.85. The second-order valence-electron chi connectivity index (χ2n) is 5.00. The number of halogens is 1. The quantitative estimate of drug-likeness (QED) is 0.823. The summed E-state index contributed by atoms with van der Waals surface area (Å²) in [6.45, 7) is 1.73. The van der Waals surface area contributed by atoms with Crippen molar-refractivity contribution in [3.63, 3.8) is 0 Å². The first kappa shape index (κ1) is 18.4. The van der Waals surface area contributed by atoms with E-state index in [-0.39, 0.29) is 5.82 Å². The molecular formula is C16H19FN2O4. The molecule has 124 valence electrons. The Morgan fingerprint density at radius 2 is 1.78 bits per heavy atom. The SMILES string of the molecule is CN(C)CCn1ccc2cccc(F)c21.O=C(O)/C=C/C(=O)O. The van der Waals surface area contributed by atoms with Gasteiger partial charge in [0.25, 0.3) is 0 Å². The zero-order chi connectivity index (χ0) is 17.4. The van der Waals surface area contributed by atoms with E-state index in [2.05, 4.69) is 4.90 Å². The molecule has 2 aromatic rings. The van der Waals surface area contributed by atoms with Crippen LogP contribution in [-0.2, 0) is 16.1 Å². The summed E-state index contributed by atoms with van der Waals surface area (Å²) in [6, 6.07) is 7.14. The number of aliphatic carboxylic acids is 2. The van der Waals surface area contributed by atoms with Crippen LogP contribution in [0.2, 0.25) is 0 Å². The van der Waals surface area contributed by atoms with E-state index in [0.717, 1.165) is 18.5 Å². The number of fused-ring (bicyclic) bond motifs is 1. The third-order valence-corrected chi connectivity index (χ3v) is 2.90. The third kappa shape index (κ3) is 6.31. The molecule has 0 amide bonds. The Morgan fingerprint density at radius 3 is 2.30 bits per heavy atom. The Kier molecular flexibility index (Phi) is 6.95. The molecule has 2 rings (SSSR count). The number of hydrogen-bond acceptors (Lipinski definition) is 3. The Morgan fingerprint density at radius 1 is 1.17 bits per heavy atom. The van der Waals surface area contributed by atoms with Crippen molar-refractivity contribution in [1.82, 2.24) is 9.47 Å². The largest absolute Gasteiger partial charge is 0.478 e. The number of benzene rings is 1. The van der Waals surface area contributed by atoms with E-state index in [9.17, 15) is 14.0 Å². The Labute approximate surface area is 133 Å². The van der Waals surface area contributed by atoms with Crippen molar-refractivity contribution in [3.05, 3.63) is 48.4 Å². The molecule has 0 bridgehead atoms. The van der Waals surface area contributed by atoms with Crippen LogP contribution in [0.15, 0.2) is 42.6 Å². The molecule has 0 atom stereocenters. The molecule has 0 radical (unpaired) electrons. The monoisotopic (exact) mass is 322 g/mol. The van der Waals surface area contributed by atoms with Gasteiger partial charge in [-0.15, -0.1) is 0 Å². The molecule has 0 saturated heterocycles. The Balaban J connectivity index is 0.000000284. The minimum Gasteiger partial charge on any atom is -0.478 e. The maximum atomic E-state index is 13.6. The highest BCUT2D eigenvalue weighted by Crippen LogP contribution is 2.18. The lowest BCUT2D eigenvalue weighted by Gasteiger charge is -2.11. The van der Waals surface area contributed by atoms with Gasteiger partial charge in [0.15, 0.2) is 0 Å². The van der Waals surface area contributed by atoms with Gasteiger partial charge in [0, 0.05) is 36.8 Å². The third-order valence-electron chi connectivity index (χ3n) is 2.90. The van der Waals surface area contributed by atoms with Crippen LogP contribution in [0.5, 0.6) is 0 Å². The van der Waals surface area contributed by atoms with Gasteiger partial charge in [-0.2, -0.15) is 0 Å². The van der Waals surface area contributed by atoms with E-state index < -0.39 is 11.9 Å². The lowest BCUT2D eigenvalue weighted by molar-refractivity contribution is -0.134. The van der Waals surface area contributed by atoms with Crippen LogP contribution >= 0.6 is 0 Å². The van der Waals surface area contributed by atoms with Crippen molar-refractivity contribution in [2.45, 2.75) is 6.54 Å². The lowest BCUT2D eigenvalue weighted by Crippen LogP contribution is -2.18. The normalized spacial score (nSPS) is 10.8. The molecule has 0 aliphatic carbocycles. The van der Waals surface area contributed by atoms with E-state index >= 15 is 0 Å². The van der Waals surface area contributed by atoms with Crippen LogP contribution in [0.4, 0.5) is 4.39 Å². The summed E-state index contributed by atoms with van der Waals surface area (Å²) in [7, 11) is 4.03. The number of para-hydroxylation sites is 1. The number of rotatable bonds is 5. The first-order valence-electron chi connectivity index (χ1n) is 6.83. The Hall–Kier alpha value is -2.67. The molecule has 0 aliphatic rings. The summed E-state index contributed by atoms with van der Waals surface area (Å²) in [4.78, 5) is 21.2. The van der Waals surface area contributed by atoms with Gasteiger partial charge in [0.1, 0.15) is 5.82 Å². The van der Waals surface area contributed by atoms with Crippen LogP contribution in [0, 0.1) is 5.82 Å². The molecule has 23 heavy (non-hydrogen) atoms. The van der Waals surface area contributed by atoms with Crippen LogP contribution in [0.25, 0.3) is 10.9 Å². The summed E-state index contributed by atoms with van der Waals surface area (Å²) >= 11 is 0. The first-order valence-corrected chi connectivity index (χ1v) is 6.83. The van der Waals surface area contributed by atoms with Crippen molar-refractivity contribution in [2.24, 2.45) is 0 Å². The number of aromatic nitrogens is 1. The van der Waals surface area contributed by atoms with E-state index in [4.69, 9.17) is 10.2 Å². The lowest BCUT2D eigenvalue weighted by atomic mass is 10.2. The van der Waals surface area contributed by atoms with Crippen molar-refractivity contribution in [1.29, 1.82) is 0 Å². The van der Waals surface area contributed by atoms with Gasteiger partial charge in [-0.05, 0) is 26.2 Å².